The Balaban J connectivity index is 1.62. The zero-order valence-electron chi connectivity index (χ0n) is 15.2. The fraction of sp³-hybridized carbons (Fsp3) is 0.0833. The van der Waals surface area contributed by atoms with Gasteiger partial charge >= 0.3 is 0 Å². The number of halogens is 1. The highest BCUT2D eigenvalue weighted by Crippen LogP contribution is 2.39. The predicted molar refractivity (Wildman–Crippen MR) is 128 cm³/mol. The minimum absolute atomic E-state index is 1.11. The van der Waals surface area contributed by atoms with Gasteiger partial charge in [-0.2, -0.15) is 0 Å². The molecular formula is C24H19BrS3. The maximum atomic E-state index is 3.52. The fourth-order valence-corrected chi connectivity index (χ4v) is 6.14. The minimum atomic E-state index is 1.11. The molecule has 0 nitrogen and oxygen atoms in total. The molecule has 3 aromatic rings. The SMILES string of the molecule is Brc1ccc(Sc2cc(SC3=CCCC=C3)cc(Sc3ccccc3)c2)cc1. The van der Waals surface area contributed by atoms with Crippen molar-refractivity contribution < 1.29 is 0 Å². The van der Waals surface area contributed by atoms with Gasteiger partial charge in [-0.3, -0.25) is 0 Å². The molecule has 0 unspecified atom stereocenters. The summed E-state index contributed by atoms with van der Waals surface area (Å²) < 4.78 is 1.11. The molecule has 4 rings (SSSR count). The van der Waals surface area contributed by atoms with Gasteiger partial charge in [0.05, 0.1) is 0 Å². The van der Waals surface area contributed by atoms with E-state index in [0.717, 1.165) is 17.3 Å². The summed E-state index contributed by atoms with van der Waals surface area (Å²) in [5, 5.41) is 0. The van der Waals surface area contributed by atoms with Crippen LogP contribution >= 0.6 is 51.2 Å². The van der Waals surface area contributed by atoms with Crippen molar-refractivity contribution in [3.05, 3.63) is 100 Å². The Labute approximate surface area is 188 Å². The largest absolute Gasteiger partial charge is 0.0904 e. The average molecular weight is 484 g/mol. The van der Waals surface area contributed by atoms with E-state index in [-0.39, 0.29) is 0 Å². The standard InChI is InChI=1S/C24H19BrS3/c25-18-11-13-21(14-12-18)28-24-16-22(26-19-7-3-1-4-8-19)15-23(17-24)27-20-9-5-2-6-10-20/h1,3-5,7-17H,2,6H2. The maximum Gasteiger partial charge on any atom is 0.0176 e. The zero-order valence-corrected chi connectivity index (χ0v) is 19.2. The van der Waals surface area contributed by atoms with E-state index in [1.165, 1.54) is 29.4 Å². The molecule has 140 valence electrons. The van der Waals surface area contributed by atoms with E-state index in [9.17, 15) is 0 Å². The number of benzene rings is 3. The van der Waals surface area contributed by atoms with Gasteiger partial charge < -0.3 is 0 Å². The lowest BCUT2D eigenvalue weighted by Gasteiger charge is -2.11. The van der Waals surface area contributed by atoms with Crippen molar-refractivity contribution in [2.24, 2.45) is 0 Å². The Bertz CT molecular complexity index is 992. The molecule has 0 N–H and O–H groups in total. The molecule has 4 heteroatoms. The summed E-state index contributed by atoms with van der Waals surface area (Å²) in [6.07, 6.45) is 9.13. The van der Waals surface area contributed by atoms with Gasteiger partial charge in [0.1, 0.15) is 0 Å². The minimum Gasteiger partial charge on any atom is -0.0904 e. The van der Waals surface area contributed by atoms with Gasteiger partial charge in [-0.1, -0.05) is 87.6 Å². The predicted octanol–water partition coefficient (Wildman–Crippen LogP) is 9.08. The van der Waals surface area contributed by atoms with Crippen molar-refractivity contribution in [1.82, 2.24) is 0 Å². The van der Waals surface area contributed by atoms with Crippen LogP contribution in [-0.2, 0) is 0 Å². The van der Waals surface area contributed by atoms with E-state index in [4.69, 9.17) is 0 Å². The first-order chi connectivity index (χ1) is 13.7. The molecule has 1 aliphatic carbocycles. The van der Waals surface area contributed by atoms with Crippen molar-refractivity contribution in [3.8, 4) is 0 Å². The van der Waals surface area contributed by atoms with Gasteiger partial charge in [0.2, 0.25) is 0 Å². The number of allylic oxidation sites excluding steroid dienone is 3. The molecule has 0 aliphatic heterocycles. The lowest BCUT2D eigenvalue weighted by Crippen LogP contribution is -1.84. The Kier molecular flexibility index (Phi) is 7.08. The molecule has 0 heterocycles. The van der Waals surface area contributed by atoms with Crippen LogP contribution in [0.15, 0.2) is 125 Å². The van der Waals surface area contributed by atoms with E-state index in [2.05, 4.69) is 107 Å². The Morgan fingerprint density at radius 2 is 1.21 bits per heavy atom. The normalized spacial score (nSPS) is 13.4. The molecule has 0 bridgehead atoms. The first-order valence-electron chi connectivity index (χ1n) is 9.11. The molecule has 0 saturated carbocycles. The molecule has 0 spiro atoms. The summed E-state index contributed by atoms with van der Waals surface area (Å²) >= 11 is 9.01. The van der Waals surface area contributed by atoms with Gasteiger partial charge in [0.25, 0.3) is 0 Å². The van der Waals surface area contributed by atoms with Crippen LogP contribution in [0.25, 0.3) is 0 Å². The fourth-order valence-electron chi connectivity index (χ4n) is 2.79. The molecule has 0 fully saturated rings. The highest BCUT2D eigenvalue weighted by molar-refractivity contribution is 9.10. The summed E-state index contributed by atoms with van der Waals surface area (Å²) in [6.45, 7) is 0. The lowest BCUT2D eigenvalue weighted by atomic mass is 10.2. The van der Waals surface area contributed by atoms with E-state index >= 15 is 0 Å². The van der Waals surface area contributed by atoms with E-state index in [0.29, 0.717) is 0 Å². The van der Waals surface area contributed by atoms with Crippen LogP contribution < -0.4 is 0 Å². The molecule has 1 aliphatic rings. The van der Waals surface area contributed by atoms with Gasteiger partial charge in [-0.05, 0) is 67.4 Å². The summed E-state index contributed by atoms with van der Waals surface area (Å²) in [7, 11) is 0. The van der Waals surface area contributed by atoms with E-state index in [1.807, 2.05) is 35.3 Å². The van der Waals surface area contributed by atoms with E-state index < -0.39 is 0 Å². The zero-order chi connectivity index (χ0) is 19.2. The Hall–Kier alpha value is -1.33. The number of hydrogen-bond donors (Lipinski definition) is 0. The number of rotatable bonds is 6. The van der Waals surface area contributed by atoms with Crippen LogP contribution in [-0.4, -0.2) is 0 Å². The van der Waals surface area contributed by atoms with Crippen LogP contribution in [0.2, 0.25) is 0 Å². The van der Waals surface area contributed by atoms with Crippen LogP contribution in [0, 0.1) is 0 Å². The van der Waals surface area contributed by atoms with Crippen molar-refractivity contribution in [1.29, 1.82) is 0 Å². The third kappa shape index (κ3) is 5.84. The molecule has 0 saturated heterocycles. The first-order valence-corrected chi connectivity index (χ1v) is 12.3. The number of thioether (sulfide) groups is 1. The molecule has 28 heavy (non-hydrogen) atoms. The molecule has 3 aromatic carbocycles. The smallest absolute Gasteiger partial charge is 0.0176 e. The third-order valence-electron chi connectivity index (χ3n) is 4.08. The van der Waals surface area contributed by atoms with Crippen molar-refractivity contribution in [2.45, 2.75) is 37.3 Å². The lowest BCUT2D eigenvalue weighted by molar-refractivity contribution is 1.03. The average Bonchev–Trinajstić information content (AvgIpc) is 2.71. The van der Waals surface area contributed by atoms with Crippen molar-refractivity contribution >= 4 is 51.2 Å². The van der Waals surface area contributed by atoms with Crippen LogP contribution in [0.5, 0.6) is 0 Å². The Morgan fingerprint density at radius 3 is 1.82 bits per heavy atom. The molecular weight excluding hydrogens is 464 g/mol. The summed E-state index contributed by atoms with van der Waals surface area (Å²) in [5.41, 5.74) is 0. The first kappa shape index (κ1) is 20.0. The van der Waals surface area contributed by atoms with Crippen LogP contribution in [0.1, 0.15) is 12.8 Å². The monoisotopic (exact) mass is 482 g/mol. The summed E-state index contributed by atoms with van der Waals surface area (Å²) in [5.74, 6) is 0. The van der Waals surface area contributed by atoms with Gasteiger partial charge in [0.15, 0.2) is 0 Å². The number of hydrogen-bond acceptors (Lipinski definition) is 3. The van der Waals surface area contributed by atoms with Gasteiger partial charge in [0, 0.05) is 33.9 Å². The van der Waals surface area contributed by atoms with E-state index in [1.54, 1.807) is 0 Å². The Morgan fingerprint density at radius 1 is 0.607 bits per heavy atom. The van der Waals surface area contributed by atoms with Crippen LogP contribution in [0.4, 0.5) is 0 Å². The molecule has 0 aromatic heterocycles. The quantitative estimate of drug-likeness (QED) is 0.343. The van der Waals surface area contributed by atoms with Crippen molar-refractivity contribution in [2.75, 3.05) is 0 Å². The highest BCUT2D eigenvalue weighted by Gasteiger charge is 2.08. The second kappa shape index (κ2) is 9.93. The summed E-state index contributed by atoms with van der Waals surface area (Å²) in [6, 6.07) is 26.0. The molecule has 0 radical (unpaired) electrons. The highest BCUT2D eigenvalue weighted by atomic mass is 79.9. The summed E-state index contributed by atoms with van der Waals surface area (Å²) in [4.78, 5) is 7.69. The topological polar surface area (TPSA) is 0 Å². The molecule has 0 amide bonds. The van der Waals surface area contributed by atoms with Gasteiger partial charge in [-0.15, -0.1) is 0 Å². The second-order valence-electron chi connectivity index (χ2n) is 6.30. The second-order valence-corrected chi connectivity index (χ2v) is 10.7. The van der Waals surface area contributed by atoms with Gasteiger partial charge in [-0.25, -0.2) is 0 Å². The van der Waals surface area contributed by atoms with Crippen LogP contribution in [0.3, 0.4) is 0 Å². The van der Waals surface area contributed by atoms with Crippen molar-refractivity contribution in [3.63, 3.8) is 0 Å². The third-order valence-corrected chi connectivity index (χ3v) is 7.58. The maximum absolute atomic E-state index is 3.52. The molecule has 0 atom stereocenters.